The molecule has 6 rings (SSSR count). The summed E-state index contributed by atoms with van der Waals surface area (Å²) in [5.74, 6) is 0.506. The summed E-state index contributed by atoms with van der Waals surface area (Å²) in [6, 6.07) is 7.67. The molecule has 1 saturated heterocycles. The minimum Gasteiger partial charge on any atom is -0.497 e. The van der Waals surface area contributed by atoms with Gasteiger partial charge >= 0.3 is 18.3 Å². The second-order valence-corrected chi connectivity index (χ2v) is 10.9. The van der Waals surface area contributed by atoms with Crippen molar-refractivity contribution < 1.29 is 52.4 Å². The number of fused-ring (bicyclic) bond motifs is 1. The van der Waals surface area contributed by atoms with Crippen molar-refractivity contribution in [2.45, 2.75) is 70.3 Å². The van der Waals surface area contributed by atoms with Crippen LogP contribution in [0.5, 0.6) is 5.75 Å². The third-order valence-corrected chi connectivity index (χ3v) is 7.71. The molecule has 42 heavy (non-hydrogen) atoms. The fourth-order valence-corrected chi connectivity index (χ4v) is 5.16. The Morgan fingerprint density at radius 2 is 1.83 bits per heavy atom. The Kier molecular flexibility index (Phi) is 8.95. The van der Waals surface area contributed by atoms with E-state index in [-0.39, 0.29) is 30.1 Å². The van der Waals surface area contributed by atoms with Gasteiger partial charge < -0.3 is 38.5 Å². The highest BCUT2D eigenvalue weighted by Crippen LogP contribution is 2.39. The first-order chi connectivity index (χ1) is 20.2. The van der Waals surface area contributed by atoms with Crippen molar-refractivity contribution in [3.8, 4) is 17.2 Å². The predicted octanol–water partition coefficient (Wildman–Crippen LogP) is 4.00. The van der Waals surface area contributed by atoms with E-state index in [9.17, 15) is 19.2 Å². The number of nitrogens with zero attached hydrogens (tertiary/aromatic N) is 1. The van der Waals surface area contributed by atoms with Crippen molar-refractivity contribution in [2.24, 2.45) is 17.8 Å². The Morgan fingerprint density at radius 1 is 1.07 bits per heavy atom. The van der Waals surface area contributed by atoms with Crippen molar-refractivity contribution in [3.05, 3.63) is 35.7 Å². The van der Waals surface area contributed by atoms with E-state index in [1.807, 2.05) is 31.2 Å². The molecule has 6 atom stereocenters. The maximum Gasteiger partial charge on any atom is 0.518 e. The molecule has 0 bridgehead atoms. The molecule has 4 unspecified atom stereocenters. The number of aryl methyl sites for hydroxylation is 1. The van der Waals surface area contributed by atoms with E-state index in [2.05, 4.69) is 24.5 Å². The molecule has 0 radical (unpaired) electrons. The number of nitrogens with one attached hydrogen (secondary N) is 1. The molecule has 3 aliphatic carbocycles. The summed E-state index contributed by atoms with van der Waals surface area (Å²) in [5.41, 5.74) is 1.63. The number of amides is 1. The minimum absolute atomic E-state index is 0.0911. The Bertz CT molecular complexity index is 1300. The van der Waals surface area contributed by atoms with Crippen LogP contribution in [-0.4, -0.2) is 66.2 Å². The van der Waals surface area contributed by atoms with Crippen LogP contribution in [0.4, 0.5) is 9.59 Å². The first kappa shape index (κ1) is 29.4. The van der Waals surface area contributed by atoms with Gasteiger partial charge in [-0.3, -0.25) is 9.59 Å². The van der Waals surface area contributed by atoms with Gasteiger partial charge in [-0.05, 0) is 56.7 Å². The van der Waals surface area contributed by atoms with Gasteiger partial charge in [0.2, 0.25) is 11.8 Å². The van der Waals surface area contributed by atoms with Crippen LogP contribution in [-0.2, 0) is 35.1 Å². The molecule has 1 aliphatic heterocycles. The lowest BCUT2D eigenvalue weighted by atomic mass is 9.86. The number of methoxy groups -OCH3 is 1. The van der Waals surface area contributed by atoms with Gasteiger partial charge in [-0.1, -0.05) is 12.5 Å². The van der Waals surface area contributed by atoms with Crippen LogP contribution < -0.4 is 10.1 Å². The molecule has 3 saturated carbocycles. The van der Waals surface area contributed by atoms with Crippen LogP contribution >= 0.6 is 0 Å². The molecule has 13 heteroatoms. The molecule has 1 amide bonds. The number of ether oxygens (including phenoxy) is 5. The average molecular weight is 587 g/mol. The number of carbonyl (C=O) groups excluding carboxylic acids is 3. The molecule has 4 fully saturated rings. The number of oxazole rings is 1. The van der Waals surface area contributed by atoms with E-state index >= 15 is 0 Å². The van der Waals surface area contributed by atoms with Crippen molar-refractivity contribution in [3.63, 3.8) is 0 Å². The first-order valence-electron chi connectivity index (χ1n) is 14.0. The maximum atomic E-state index is 12.3. The van der Waals surface area contributed by atoms with Crippen LogP contribution in [0.2, 0.25) is 0 Å². The number of aliphatic carboxylic acids is 1. The number of aromatic nitrogens is 1. The Balaban J connectivity index is 0.000000295. The Morgan fingerprint density at radius 3 is 2.52 bits per heavy atom. The smallest absolute Gasteiger partial charge is 0.497 e. The number of carbonyl (C=O) groups is 4. The van der Waals surface area contributed by atoms with E-state index in [4.69, 9.17) is 19.0 Å². The van der Waals surface area contributed by atoms with Crippen molar-refractivity contribution in [2.75, 3.05) is 13.7 Å². The maximum absolute atomic E-state index is 12.3. The third-order valence-electron chi connectivity index (χ3n) is 7.71. The minimum atomic E-state index is -0.963. The number of cyclic esters (lactones) is 2. The molecule has 2 heterocycles. The van der Waals surface area contributed by atoms with Gasteiger partial charge in [-0.25, -0.2) is 14.6 Å². The highest BCUT2D eigenvalue weighted by molar-refractivity contribution is 5.89. The van der Waals surface area contributed by atoms with Crippen LogP contribution in [0, 0.1) is 24.7 Å². The number of hydrogen-bond donors (Lipinski definition) is 2. The van der Waals surface area contributed by atoms with Gasteiger partial charge in [-0.15, -0.1) is 0 Å². The van der Waals surface area contributed by atoms with Crippen molar-refractivity contribution >= 4 is 24.2 Å². The second kappa shape index (κ2) is 12.8. The fourth-order valence-electron chi connectivity index (χ4n) is 5.16. The molecular formula is C29H34N2O11. The van der Waals surface area contributed by atoms with Crippen LogP contribution in [0.15, 0.2) is 28.7 Å². The molecule has 1 aromatic carbocycles. The predicted molar refractivity (Wildman–Crippen MR) is 142 cm³/mol. The number of hydrogen-bond acceptors (Lipinski definition) is 11. The van der Waals surface area contributed by atoms with Crippen LogP contribution in [0.1, 0.15) is 50.0 Å². The summed E-state index contributed by atoms with van der Waals surface area (Å²) in [4.78, 5) is 48.6. The quantitative estimate of drug-likeness (QED) is 0.320. The SMILES string of the molecule is COc1cccc(-c2nc(COCC3CCCC(NC(=O)C4CC4C(=O)O)C3)c(C)o2)c1.O=C1OC(=O)O[C@@H]2C[C@@H]2O1. The zero-order chi connectivity index (χ0) is 29.8. The molecule has 226 valence electrons. The van der Waals surface area contributed by atoms with Crippen molar-refractivity contribution in [1.82, 2.24) is 10.3 Å². The van der Waals surface area contributed by atoms with Gasteiger partial charge in [0.15, 0.2) is 0 Å². The van der Waals surface area contributed by atoms with E-state index < -0.39 is 24.2 Å². The molecule has 0 spiro atoms. The summed E-state index contributed by atoms with van der Waals surface area (Å²) >= 11 is 0. The summed E-state index contributed by atoms with van der Waals surface area (Å²) in [6.07, 6.45) is 2.45. The Labute approximate surface area is 241 Å². The number of carboxylic acid groups (broad SMARTS) is 1. The number of benzene rings is 1. The Hall–Kier alpha value is -4.13. The summed E-state index contributed by atoms with van der Waals surface area (Å²) in [7, 11) is 1.62. The highest BCUT2D eigenvalue weighted by Gasteiger charge is 2.49. The zero-order valence-corrected chi connectivity index (χ0v) is 23.4. The van der Waals surface area contributed by atoms with E-state index in [0.29, 0.717) is 37.9 Å². The normalized spacial score (nSPS) is 27.5. The standard InChI is InChI=1S/C24H30N2O6.C5H4O5/c1-14-21(26-23(32-14)16-6-4-8-18(10-16)30-2)13-31-12-15-5-3-7-17(9-15)25-22(27)19-11-20(19)24(28)29;6-4-8-2-1-3(2)9-5(7)10-4/h4,6,8,10,15,17,19-20H,3,5,7,9,11-13H2,1-2H3,(H,25,27)(H,28,29);2-3H,1H2/t;2-,3+. The summed E-state index contributed by atoms with van der Waals surface area (Å²) in [5, 5.41) is 12.1. The molecular weight excluding hydrogens is 552 g/mol. The van der Waals surface area contributed by atoms with Gasteiger partial charge in [-0.2, -0.15) is 0 Å². The summed E-state index contributed by atoms with van der Waals surface area (Å²) in [6.45, 7) is 2.84. The van der Waals surface area contributed by atoms with Gasteiger partial charge in [0, 0.05) is 24.6 Å². The lowest BCUT2D eigenvalue weighted by Gasteiger charge is -2.29. The summed E-state index contributed by atoms with van der Waals surface area (Å²) < 4.78 is 30.1. The molecule has 4 aliphatic rings. The van der Waals surface area contributed by atoms with Crippen molar-refractivity contribution in [1.29, 1.82) is 0 Å². The van der Waals surface area contributed by atoms with E-state index in [0.717, 1.165) is 48.5 Å². The lowest BCUT2D eigenvalue weighted by molar-refractivity contribution is -0.140. The highest BCUT2D eigenvalue weighted by atomic mass is 16.8. The first-order valence-corrected chi connectivity index (χ1v) is 14.0. The number of rotatable bonds is 9. The van der Waals surface area contributed by atoms with Gasteiger partial charge in [0.05, 0.1) is 25.6 Å². The van der Waals surface area contributed by atoms with Crippen LogP contribution in [0.3, 0.4) is 0 Å². The lowest BCUT2D eigenvalue weighted by Crippen LogP contribution is -2.40. The topological polar surface area (TPSA) is 173 Å². The van der Waals surface area contributed by atoms with Gasteiger partial charge in [0.25, 0.3) is 0 Å². The largest absolute Gasteiger partial charge is 0.518 e. The zero-order valence-electron chi connectivity index (χ0n) is 23.4. The van der Waals surface area contributed by atoms with E-state index in [1.165, 1.54) is 0 Å². The van der Waals surface area contributed by atoms with Crippen LogP contribution in [0.25, 0.3) is 11.5 Å². The number of carboxylic acids is 1. The monoisotopic (exact) mass is 586 g/mol. The average Bonchev–Trinajstić information content (AvgIpc) is 3.87. The fraction of sp³-hybridized carbons (Fsp3) is 0.552. The molecule has 13 nitrogen and oxygen atoms in total. The second-order valence-electron chi connectivity index (χ2n) is 10.9. The molecule has 2 N–H and O–H groups in total. The molecule has 1 aromatic heterocycles. The third kappa shape index (κ3) is 7.58. The van der Waals surface area contributed by atoms with E-state index in [1.54, 1.807) is 7.11 Å². The molecule has 2 aromatic rings. The van der Waals surface area contributed by atoms with Gasteiger partial charge in [0.1, 0.15) is 29.4 Å².